The van der Waals surface area contributed by atoms with Gasteiger partial charge in [0, 0.05) is 5.69 Å². The van der Waals surface area contributed by atoms with Crippen molar-refractivity contribution < 1.29 is 21.6 Å². The summed E-state index contributed by atoms with van der Waals surface area (Å²) in [6, 6.07) is 6.30. The highest BCUT2D eigenvalue weighted by Gasteiger charge is 2.37. The van der Waals surface area contributed by atoms with Gasteiger partial charge in [-0.2, -0.15) is 23.7 Å². The van der Waals surface area contributed by atoms with Crippen molar-refractivity contribution in [3.63, 3.8) is 0 Å². The highest BCUT2D eigenvalue weighted by Crippen LogP contribution is 2.29. The van der Waals surface area contributed by atoms with E-state index in [1.807, 2.05) is 5.32 Å². The second-order valence-electron chi connectivity index (χ2n) is 3.67. The Morgan fingerprint density at radius 1 is 1.14 bits per heavy atom. The molecule has 0 unspecified atom stereocenters. The van der Waals surface area contributed by atoms with Gasteiger partial charge in [0.25, 0.3) is 0 Å². The van der Waals surface area contributed by atoms with Crippen LogP contribution < -0.4 is 10.5 Å². The Hall–Kier alpha value is -2.56. The minimum absolute atomic E-state index is 0.155. The van der Waals surface area contributed by atoms with Crippen molar-refractivity contribution in [2.75, 3.05) is 5.32 Å². The maximum Gasteiger partial charge on any atom is 0.433 e. The highest BCUT2D eigenvalue weighted by molar-refractivity contribution is 7.89. The van der Waals surface area contributed by atoms with Crippen molar-refractivity contribution in [1.29, 1.82) is 10.5 Å². The van der Waals surface area contributed by atoms with E-state index in [4.69, 9.17) is 15.7 Å². The molecule has 1 rings (SSSR count). The molecule has 0 bridgehead atoms. The molecule has 6 nitrogen and oxygen atoms in total. The van der Waals surface area contributed by atoms with Gasteiger partial charge in [0.15, 0.2) is 5.57 Å². The smallest absolute Gasteiger partial charge is 0.350 e. The third-order valence-electron chi connectivity index (χ3n) is 2.21. The minimum Gasteiger partial charge on any atom is -0.350 e. The first kappa shape index (κ1) is 16.5. The highest BCUT2D eigenvalue weighted by atomic mass is 32.2. The summed E-state index contributed by atoms with van der Waals surface area (Å²) in [4.78, 5) is -0.286. The van der Waals surface area contributed by atoms with Crippen LogP contribution in [-0.4, -0.2) is 14.6 Å². The zero-order chi connectivity index (χ0) is 16.3. The summed E-state index contributed by atoms with van der Waals surface area (Å²) >= 11 is 0. The fourth-order valence-electron chi connectivity index (χ4n) is 1.28. The Morgan fingerprint density at radius 3 is 1.95 bits per heavy atom. The standard InChI is InChI=1S/C11H7F3N4O2S/c12-11(13,14)10(7(5-15)6-16)18-8-1-3-9(4-2-8)21(17,19)20/h1-4,18H,(H2,17,19,20). The fourth-order valence-corrected chi connectivity index (χ4v) is 1.80. The first-order valence-electron chi connectivity index (χ1n) is 5.11. The fraction of sp³-hybridized carbons (Fsp3) is 0.0909. The summed E-state index contributed by atoms with van der Waals surface area (Å²) in [6.45, 7) is 0. The lowest BCUT2D eigenvalue weighted by Gasteiger charge is -2.14. The third kappa shape index (κ3) is 4.21. The number of nitriles is 2. The Kier molecular flexibility index (Phi) is 4.58. The van der Waals surface area contributed by atoms with E-state index in [2.05, 4.69) is 0 Å². The SMILES string of the molecule is N#CC(C#N)=C(Nc1ccc(S(N)(=O)=O)cc1)C(F)(F)F. The molecule has 3 N–H and O–H groups in total. The summed E-state index contributed by atoms with van der Waals surface area (Å²) < 4.78 is 60.3. The van der Waals surface area contributed by atoms with Gasteiger partial charge in [-0.25, -0.2) is 13.6 Å². The van der Waals surface area contributed by atoms with Crippen LogP contribution in [0.15, 0.2) is 40.4 Å². The molecule has 110 valence electrons. The summed E-state index contributed by atoms with van der Waals surface area (Å²) in [5.74, 6) is 0. The van der Waals surface area contributed by atoms with E-state index in [0.717, 1.165) is 36.4 Å². The van der Waals surface area contributed by atoms with Gasteiger partial charge in [-0.3, -0.25) is 0 Å². The largest absolute Gasteiger partial charge is 0.433 e. The molecule has 0 saturated heterocycles. The molecule has 21 heavy (non-hydrogen) atoms. The molecule has 1 aromatic carbocycles. The molecule has 0 aliphatic heterocycles. The van der Waals surface area contributed by atoms with Crippen molar-refractivity contribution in [2.45, 2.75) is 11.1 Å². The minimum atomic E-state index is -4.95. The summed E-state index contributed by atoms with van der Waals surface area (Å²) in [5, 5.41) is 23.8. The number of allylic oxidation sites excluding steroid dienone is 2. The summed E-state index contributed by atoms with van der Waals surface area (Å²) in [5.41, 5.74) is -2.83. The van der Waals surface area contributed by atoms with E-state index in [1.165, 1.54) is 0 Å². The van der Waals surface area contributed by atoms with Gasteiger partial charge in [-0.15, -0.1) is 0 Å². The van der Waals surface area contributed by atoms with Crippen molar-refractivity contribution in [3.8, 4) is 12.1 Å². The Morgan fingerprint density at radius 2 is 1.62 bits per heavy atom. The second-order valence-corrected chi connectivity index (χ2v) is 5.23. The molecule has 0 amide bonds. The number of sulfonamides is 1. The maximum absolute atomic E-state index is 12.8. The topological polar surface area (TPSA) is 120 Å². The lowest BCUT2D eigenvalue weighted by atomic mass is 10.2. The number of nitrogens with zero attached hydrogens (tertiary/aromatic N) is 2. The van der Waals surface area contributed by atoms with E-state index in [9.17, 15) is 21.6 Å². The molecule has 10 heteroatoms. The van der Waals surface area contributed by atoms with Crippen molar-refractivity contribution in [2.24, 2.45) is 5.14 Å². The van der Waals surface area contributed by atoms with E-state index < -0.39 is 27.5 Å². The second kappa shape index (κ2) is 5.83. The van der Waals surface area contributed by atoms with Crippen LogP contribution in [0.1, 0.15) is 0 Å². The zero-order valence-electron chi connectivity index (χ0n) is 10.1. The van der Waals surface area contributed by atoms with Crippen molar-refractivity contribution in [3.05, 3.63) is 35.5 Å². The third-order valence-corrected chi connectivity index (χ3v) is 3.14. The van der Waals surface area contributed by atoms with Gasteiger partial charge in [-0.1, -0.05) is 0 Å². The lowest BCUT2D eigenvalue weighted by molar-refractivity contribution is -0.0906. The molecule has 1 aromatic rings. The van der Waals surface area contributed by atoms with E-state index in [-0.39, 0.29) is 10.6 Å². The maximum atomic E-state index is 12.8. The Balaban J connectivity index is 3.23. The molecule has 0 heterocycles. The van der Waals surface area contributed by atoms with E-state index in [1.54, 1.807) is 0 Å². The molecule has 0 fully saturated rings. The first-order chi connectivity index (χ1) is 9.59. The van der Waals surface area contributed by atoms with E-state index in [0.29, 0.717) is 0 Å². The van der Waals surface area contributed by atoms with Crippen LogP contribution >= 0.6 is 0 Å². The van der Waals surface area contributed by atoms with Gasteiger partial charge in [0.2, 0.25) is 10.0 Å². The van der Waals surface area contributed by atoms with Crippen LogP contribution in [-0.2, 0) is 10.0 Å². The molecule has 0 aliphatic carbocycles. The average Bonchev–Trinajstić information content (AvgIpc) is 2.37. The molecule has 0 aliphatic rings. The number of anilines is 1. The van der Waals surface area contributed by atoms with Crippen molar-refractivity contribution in [1.82, 2.24) is 0 Å². The van der Waals surface area contributed by atoms with Gasteiger partial charge >= 0.3 is 6.18 Å². The van der Waals surface area contributed by atoms with Crippen LogP contribution in [0.2, 0.25) is 0 Å². The molecular formula is C11H7F3N4O2S. The normalized spacial score (nSPS) is 11.1. The predicted octanol–water partition coefficient (Wildman–Crippen LogP) is 1.61. The van der Waals surface area contributed by atoms with Crippen LogP contribution in [0, 0.1) is 22.7 Å². The zero-order valence-corrected chi connectivity index (χ0v) is 11.0. The molecule has 0 aromatic heterocycles. The molecule has 0 atom stereocenters. The van der Waals surface area contributed by atoms with Crippen LogP contribution in [0.25, 0.3) is 0 Å². The van der Waals surface area contributed by atoms with Gasteiger partial charge < -0.3 is 5.32 Å². The number of rotatable bonds is 3. The Labute approximate surface area is 117 Å². The summed E-state index contributed by atoms with van der Waals surface area (Å²) in [6.07, 6.45) is -4.95. The average molecular weight is 316 g/mol. The van der Waals surface area contributed by atoms with Gasteiger partial charge in [-0.05, 0) is 24.3 Å². The number of hydrogen-bond donors (Lipinski definition) is 2. The number of alkyl halides is 3. The summed E-state index contributed by atoms with van der Waals surface area (Å²) in [7, 11) is -3.97. The number of nitrogens with one attached hydrogen (secondary N) is 1. The van der Waals surface area contributed by atoms with Gasteiger partial charge in [0.1, 0.15) is 17.8 Å². The van der Waals surface area contributed by atoms with Crippen LogP contribution in [0.4, 0.5) is 18.9 Å². The molecule has 0 spiro atoms. The molecule has 0 saturated carbocycles. The number of hydrogen-bond acceptors (Lipinski definition) is 5. The Bertz CT molecular complexity index is 737. The number of nitrogens with two attached hydrogens (primary N) is 1. The quantitative estimate of drug-likeness (QED) is 0.821. The van der Waals surface area contributed by atoms with Crippen LogP contribution in [0.3, 0.4) is 0 Å². The van der Waals surface area contributed by atoms with E-state index >= 15 is 0 Å². The van der Waals surface area contributed by atoms with Crippen LogP contribution in [0.5, 0.6) is 0 Å². The first-order valence-corrected chi connectivity index (χ1v) is 6.66. The molecule has 0 radical (unpaired) electrons. The number of halogens is 3. The predicted molar refractivity (Wildman–Crippen MR) is 65.7 cm³/mol. The van der Waals surface area contributed by atoms with Gasteiger partial charge in [0.05, 0.1) is 4.90 Å². The number of primary sulfonamides is 1. The van der Waals surface area contributed by atoms with Crippen molar-refractivity contribution >= 4 is 15.7 Å². The lowest BCUT2D eigenvalue weighted by Crippen LogP contribution is -2.21. The molecular weight excluding hydrogens is 309 g/mol. The number of benzene rings is 1. The monoisotopic (exact) mass is 316 g/mol.